The van der Waals surface area contributed by atoms with E-state index in [2.05, 4.69) is 0 Å². The summed E-state index contributed by atoms with van der Waals surface area (Å²) in [6, 6.07) is 0. The number of anilines is 1. The molecule has 17 heavy (non-hydrogen) atoms. The van der Waals surface area contributed by atoms with Crippen molar-refractivity contribution in [3.05, 3.63) is 21.8 Å². The van der Waals surface area contributed by atoms with Gasteiger partial charge in [-0.05, 0) is 67.8 Å². The first-order chi connectivity index (χ1) is 7.29. The molecule has 0 aliphatic heterocycles. The third-order valence-corrected chi connectivity index (χ3v) is 5.10. The summed E-state index contributed by atoms with van der Waals surface area (Å²) in [6.07, 6.45) is 0. The Labute approximate surface area is 161 Å². The molecule has 88 valence electrons. The summed E-state index contributed by atoms with van der Waals surface area (Å²) in [5.74, 6) is -2.36. The maximum Gasteiger partial charge on any atom is 1.00 e. The molecule has 0 aliphatic rings. The molecule has 0 heterocycles. The fourth-order valence-corrected chi connectivity index (χ4v) is 5.15. The standard InChI is InChI=1S/C8H4I3NO4.Na.H/c9-3-1(7(13)14)4(10)6(12)5(11)2(3)8(15)16;;/h12H2,(H,13,14)(H,15,16);;/q;+1;-1. The van der Waals surface area contributed by atoms with Crippen LogP contribution in [0.4, 0.5) is 5.69 Å². The topological polar surface area (TPSA) is 101 Å². The molecular weight excluding hydrogens is 578 g/mol. The number of nitrogen functional groups attached to an aromatic ring is 1. The van der Waals surface area contributed by atoms with Gasteiger partial charge in [0.1, 0.15) is 0 Å². The van der Waals surface area contributed by atoms with Crippen molar-refractivity contribution in [1.82, 2.24) is 0 Å². The second kappa shape index (κ2) is 7.07. The van der Waals surface area contributed by atoms with Crippen LogP contribution in [0.3, 0.4) is 0 Å². The van der Waals surface area contributed by atoms with Gasteiger partial charge in [-0.15, -0.1) is 0 Å². The average molecular weight is 583 g/mol. The number of carboxylic acids is 2. The molecule has 0 saturated carbocycles. The number of hydrogen-bond acceptors (Lipinski definition) is 3. The maximum atomic E-state index is 11.0. The predicted octanol–water partition coefficient (Wildman–Crippen LogP) is -0.404. The molecule has 1 rings (SSSR count). The van der Waals surface area contributed by atoms with Gasteiger partial charge in [0.15, 0.2) is 0 Å². The van der Waals surface area contributed by atoms with Gasteiger partial charge in [-0.3, -0.25) is 0 Å². The first-order valence-corrected chi connectivity index (χ1v) is 6.95. The van der Waals surface area contributed by atoms with Crippen molar-refractivity contribution >= 4 is 85.4 Å². The SMILES string of the molecule is Nc1c(I)c(C(=O)O)c(I)c(C(=O)O)c1I.[H-].[Na+]. The monoisotopic (exact) mass is 583 g/mol. The Balaban J connectivity index is 0. The third kappa shape index (κ3) is 3.58. The van der Waals surface area contributed by atoms with E-state index in [1.807, 2.05) is 0 Å². The summed E-state index contributed by atoms with van der Waals surface area (Å²) in [4.78, 5) is 22.0. The quantitative estimate of drug-likeness (QED) is 0.250. The second-order valence-corrected chi connectivity index (χ2v) is 5.95. The first kappa shape index (κ1) is 18.1. The van der Waals surface area contributed by atoms with Gasteiger partial charge in [0, 0.05) is 3.57 Å². The van der Waals surface area contributed by atoms with E-state index in [-0.39, 0.29) is 51.4 Å². The number of aromatic carboxylic acids is 2. The van der Waals surface area contributed by atoms with Crippen LogP contribution in [0.15, 0.2) is 0 Å². The molecule has 0 unspecified atom stereocenters. The number of halogens is 3. The Morgan fingerprint density at radius 1 is 0.941 bits per heavy atom. The Morgan fingerprint density at radius 2 is 1.24 bits per heavy atom. The molecule has 0 bridgehead atoms. The molecule has 0 aliphatic carbocycles. The normalized spacial score (nSPS) is 9.59. The van der Waals surface area contributed by atoms with E-state index in [4.69, 9.17) is 15.9 Å². The Hall–Kier alpha value is 1.15. The zero-order chi connectivity index (χ0) is 12.6. The summed E-state index contributed by atoms with van der Waals surface area (Å²) in [5.41, 5.74) is 5.76. The Bertz CT molecular complexity index is 471. The van der Waals surface area contributed by atoms with Gasteiger partial charge in [0.25, 0.3) is 0 Å². The minimum absolute atomic E-state index is 0. The number of benzene rings is 1. The number of rotatable bonds is 2. The van der Waals surface area contributed by atoms with Gasteiger partial charge in [-0.25, -0.2) is 9.59 Å². The van der Waals surface area contributed by atoms with Crippen LogP contribution < -0.4 is 35.3 Å². The summed E-state index contributed by atoms with van der Waals surface area (Å²) in [7, 11) is 0. The summed E-state index contributed by atoms with van der Waals surface area (Å²) < 4.78 is 0.924. The van der Waals surface area contributed by atoms with Crippen LogP contribution in [0.1, 0.15) is 22.1 Å². The molecule has 9 heteroatoms. The number of carboxylic acid groups (broad SMARTS) is 2. The fourth-order valence-electron chi connectivity index (χ4n) is 1.06. The van der Waals surface area contributed by atoms with Crippen LogP contribution in [-0.2, 0) is 0 Å². The number of hydrogen-bond donors (Lipinski definition) is 3. The van der Waals surface area contributed by atoms with Gasteiger partial charge < -0.3 is 17.4 Å². The van der Waals surface area contributed by atoms with Crippen LogP contribution in [0, 0.1) is 10.7 Å². The van der Waals surface area contributed by atoms with Gasteiger partial charge >= 0.3 is 41.5 Å². The number of nitrogens with two attached hydrogens (primary N) is 1. The molecule has 1 aromatic carbocycles. The molecule has 4 N–H and O–H groups in total. The average Bonchev–Trinajstić information content (AvgIpc) is 2.13. The van der Waals surface area contributed by atoms with Crippen molar-refractivity contribution in [2.75, 3.05) is 5.73 Å². The van der Waals surface area contributed by atoms with E-state index in [1.54, 1.807) is 67.8 Å². The van der Waals surface area contributed by atoms with Crippen molar-refractivity contribution < 1.29 is 50.8 Å². The van der Waals surface area contributed by atoms with Crippen molar-refractivity contribution in [3.63, 3.8) is 0 Å². The van der Waals surface area contributed by atoms with Crippen LogP contribution in [0.5, 0.6) is 0 Å². The molecule has 0 saturated heterocycles. The van der Waals surface area contributed by atoms with Crippen molar-refractivity contribution in [1.29, 1.82) is 0 Å². The van der Waals surface area contributed by atoms with Crippen LogP contribution in [0.25, 0.3) is 0 Å². The predicted molar refractivity (Wildman–Crippen MR) is 84.0 cm³/mol. The number of carbonyl (C=O) groups is 2. The third-order valence-electron chi connectivity index (χ3n) is 1.78. The minimum Gasteiger partial charge on any atom is -1.00 e. The van der Waals surface area contributed by atoms with Gasteiger partial charge in [-0.1, -0.05) is 0 Å². The zero-order valence-electron chi connectivity index (χ0n) is 9.42. The zero-order valence-corrected chi connectivity index (χ0v) is 16.9. The summed E-state index contributed by atoms with van der Waals surface area (Å²) >= 11 is 5.32. The van der Waals surface area contributed by atoms with E-state index >= 15 is 0 Å². The van der Waals surface area contributed by atoms with E-state index in [0.717, 1.165) is 0 Å². The van der Waals surface area contributed by atoms with Gasteiger partial charge in [-0.2, -0.15) is 0 Å². The van der Waals surface area contributed by atoms with Crippen molar-refractivity contribution in [3.8, 4) is 0 Å². The first-order valence-electron chi connectivity index (χ1n) is 3.71. The van der Waals surface area contributed by atoms with E-state index in [9.17, 15) is 9.59 Å². The Kier molecular flexibility index (Phi) is 7.55. The van der Waals surface area contributed by atoms with E-state index in [0.29, 0.717) is 7.14 Å². The van der Waals surface area contributed by atoms with Crippen LogP contribution in [-0.4, -0.2) is 22.2 Å². The van der Waals surface area contributed by atoms with Crippen LogP contribution in [0.2, 0.25) is 0 Å². The molecule has 1 aromatic rings. The van der Waals surface area contributed by atoms with Crippen LogP contribution >= 0.6 is 67.8 Å². The fraction of sp³-hybridized carbons (Fsp3) is 0. The molecule has 0 amide bonds. The van der Waals surface area contributed by atoms with Crippen molar-refractivity contribution in [2.45, 2.75) is 0 Å². The smallest absolute Gasteiger partial charge is 1.00 e. The summed E-state index contributed by atoms with van der Waals surface area (Å²) in [5, 5.41) is 18.0. The maximum absolute atomic E-state index is 11.0. The largest absolute Gasteiger partial charge is 1.00 e. The molecule has 0 spiro atoms. The van der Waals surface area contributed by atoms with Gasteiger partial charge in [0.05, 0.1) is 24.0 Å². The molecule has 0 radical (unpaired) electrons. The molecule has 0 atom stereocenters. The van der Waals surface area contributed by atoms with Gasteiger partial charge in [0.2, 0.25) is 0 Å². The molecule has 0 fully saturated rings. The second-order valence-electron chi connectivity index (χ2n) is 2.72. The summed E-state index contributed by atoms with van der Waals surface area (Å²) in [6.45, 7) is 0. The van der Waals surface area contributed by atoms with E-state index in [1.165, 1.54) is 0 Å². The molecular formula is C8H5I3NNaO4. The van der Waals surface area contributed by atoms with Crippen molar-refractivity contribution in [2.24, 2.45) is 0 Å². The molecule has 5 nitrogen and oxygen atoms in total. The molecule has 0 aromatic heterocycles. The Morgan fingerprint density at radius 3 is 1.47 bits per heavy atom. The van der Waals surface area contributed by atoms with E-state index < -0.39 is 11.9 Å². The minimum atomic E-state index is -1.18.